The van der Waals surface area contributed by atoms with E-state index in [0.717, 1.165) is 23.7 Å². The van der Waals surface area contributed by atoms with Crippen LogP contribution in [0.4, 0.5) is 0 Å². The molecule has 0 aromatic carbocycles. The molecule has 2 rings (SSSR count). The summed E-state index contributed by atoms with van der Waals surface area (Å²) >= 11 is 0. The van der Waals surface area contributed by atoms with Gasteiger partial charge in [0.15, 0.2) is 0 Å². The molecule has 0 nitrogen and oxygen atoms in total. The lowest BCUT2D eigenvalue weighted by atomic mass is 9.81. The van der Waals surface area contributed by atoms with Crippen LogP contribution in [0.2, 0.25) is 0 Å². The van der Waals surface area contributed by atoms with Crippen molar-refractivity contribution in [2.45, 2.75) is 39.5 Å². The van der Waals surface area contributed by atoms with Crippen LogP contribution >= 0.6 is 0 Å². The van der Waals surface area contributed by atoms with E-state index in [4.69, 9.17) is 0 Å². The zero-order chi connectivity index (χ0) is 7.14. The molecule has 0 saturated heterocycles. The van der Waals surface area contributed by atoms with Crippen LogP contribution in [0.25, 0.3) is 0 Å². The molecule has 0 radical (unpaired) electrons. The topological polar surface area (TPSA) is 0 Å². The zero-order valence-electron chi connectivity index (χ0n) is 7.14. The standard InChI is InChI=1S/C10H18/c1-7-3-9-5-8(2)10(4-7)6-9/h7-10H,3-6H2,1-2H3. The second kappa shape index (κ2) is 2.25. The highest BCUT2D eigenvalue weighted by atomic mass is 14.4. The Morgan fingerprint density at radius 1 is 0.900 bits per heavy atom. The van der Waals surface area contributed by atoms with Crippen molar-refractivity contribution < 1.29 is 0 Å². The molecule has 0 aromatic heterocycles. The van der Waals surface area contributed by atoms with Crippen LogP contribution in [-0.2, 0) is 0 Å². The van der Waals surface area contributed by atoms with Crippen molar-refractivity contribution in [3.63, 3.8) is 0 Å². The molecule has 0 amide bonds. The van der Waals surface area contributed by atoms with E-state index >= 15 is 0 Å². The van der Waals surface area contributed by atoms with Crippen LogP contribution in [-0.4, -0.2) is 0 Å². The average Bonchev–Trinajstić information content (AvgIpc) is 2.07. The van der Waals surface area contributed by atoms with Crippen molar-refractivity contribution >= 4 is 0 Å². The molecule has 2 bridgehead atoms. The number of hydrogen-bond donors (Lipinski definition) is 0. The molecule has 0 heteroatoms. The quantitative estimate of drug-likeness (QED) is 0.482. The predicted octanol–water partition coefficient (Wildman–Crippen LogP) is 3.08. The van der Waals surface area contributed by atoms with Gasteiger partial charge in [-0.3, -0.25) is 0 Å². The van der Waals surface area contributed by atoms with Crippen molar-refractivity contribution in [1.82, 2.24) is 0 Å². The third kappa shape index (κ3) is 0.980. The number of rotatable bonds is 0. The van der Waals surface area contributed by atoms with Crippen LogP contribution in [0.5, 0.6) is 0 Å². The highest BCUT2D eigenvalue weighted by Gasteiger charge is 2.36. The highest BCUT2D eigenvalue weighted by Crippen LogP contribution is 2.47. The summed E-state index contributed by atoms with van der Waals surface area (Å²) in [7, 11) is 0. The molecule has 2 aliphatic rings. The lowest BCUT2D eigenvalue weighted by Crippen LogP contribution is -2.14. The van der Waals surface area contributed by atoms with Gasteiger partial charge in [0.25, 0.3) is 0 Å². The van der Waals surface area contributed by atoms with Gasteiger partial charge in [0.1, 0.15) is 0 Å². The Hall–Kier alpha value is 0. The molecule has 0 spiro atoms. The maximum absolute atomic E-state index is 2.45. The SMILES string of the molecule is CC1CC2CC(C)C(C1)C2. The monoisotopic (exact) mass is 138 g/mol. The minimum atomic E-state index is 1.04. The Bertz CT molecular complexity index is 123. The molecule has 0 heterocycles. The molecular formula is C10H18. The summed E-state index contributed by atoms with van der Waals surface area (Å²) < 4.78 is 0. The van der Waals surface area contributed by atoms with Crippen molar-refractivity contribution in [3.05, 3.63) is 0 Å². The van der Waals surface area contributed by atoms with Gasteiger partial charge in [0, 0.05) is 0 Å². The molecule has 2 saturated carbocycles. The van der Waals surface area contributed by atoms with Crippen molar-refractivity contribution in [3.8, 4) is 0 Å². The fourth-order valence-electron chi connectivity index (χ4n) is 3.18. The van der Waals surface area contributed by atoms with Crippen molar-refractivity contribution in [1.29, 1.82) is 0 Å². The van der Waals surface area contributed by atoms with E-state index < -0.39 is 0 Å². The smallest absolute Gasteiger partial charge is 0.0383 e. The van der Waals surface area contributed by atoms with Gasteiger partial charge >= 0.3 is 0 Å². The van der Waals surface area contributed by atoms with Gasteiger partial charge in [0.05, 0.1) is 0 Å². The molecule has 4 atom stereocenters. The normalized spacial score (nSPS) is 53.4. The van der Waals surface area contributed by atoms with E-state index in [0.29, 0.717) is 0 Å². The molecule has 10 heavy (non-hydrogen) atoms. The Morgan fingerprint density at radius 3 is 2.40 bits per heavy atom. The molecule has 58 valence electrons. The number of hydrogen-bond acceptors (Lipinski definition) is 0. The molecular weight excluding hydrogens is 120 g/mol. The van der Waals surface area contributed by atoms with Gasteiger partial charge in [-0.2, -0.15) is 0 Å². The fraction of sp³-hybridized carbons (Fsp3) is 1.00. The van der Waals surface area contributed by atoms with Gasteiger partial charge < -0.3 is 0 Å². The Labute approximate surface area is 64.0 Å². The van der Waals surface area contributed by atoms with E-state index in [-0.39, 0.29) is 0 Å². The Balaban J connectivity index is 2.06. The van der Waals surface area contributed by atoms with Gasteiger partial charge in [0.2, 0.25) is 0 Å². The van der Waals surface area contributed by atoms with Crippen LogP contribution in [0, 0.1) is 23.7 Å². The summed E-state index contributed by atoms with van der Waals surface area (Å²) in [5.74, 6) is 4.31. The lowest BCUT2D eigenvalue weighted by molar-refractivity contribution is 0.263. The third-order valence-electron chi connectivity index (χ3n) is 3.59. The summed E-state index contributed by atoms with van der Waals surface area (Å²) in [5.41, 5.74) is 0. The van der Waals surface area contributed by atoms with Crippen molar-refractivity contribution in [2.75, 3.05) is 0 Å². The molecule has 2 fully saturated rings. The van der Waals surface area contributed by atoms with Gasteiger partial charge in [-0.1, -0.05) is 13.8 Å². The molecule has 0 aromatic rings. The van der Waals surface area contributed by atoms with E-state index in [1.807, 2.05) is 0 Å². The fourth-order valence-corrected chi connectivity index (χ4v) is 3.18. The Kier molecular flexibility index (Phi) is 1.51. The lowest BCUT2D eigenvalue weighted by Gasteiger charge is -2.25. The van der Waals surface area contributed by atoms with Gasteiger partial charge in [-0.25, -0.2) is 0 Å². The van der Waals surface area contributed by atoms with Crippen LogP contribution in [0.3, 0.4) is 0 Å². The molecule has 2 aliphatic carbocycles. The summed E-state index contributed by atoms with van der Waals surface area (Å²) in [6, 6.07) is 0. The van der Waals surface area contributed by atoms with Crippen LogP contribution < -0.4 is 0 Å². The van der Waals surface area contributed by atoms with Crippen LogP contribution in [0.1, 0.15) is 39.5 Å². The van der Waals surface area contributed by atoms with Crippen LogP contribution in [0.15, 0.2) is 0 Å². The molecule has 0 N–H and O–H groups in total. The Morgan fingerprint density at radius 2 is 1.70 bits per heavy atom. The molecule has 0 aliphatic heterocycles. The van der Waals surface area contributed by atoms with E-state index in [2.05, 4.69) is 13.8 Å². The maximum atomic E-state index is 2.45. The first-order chi connectivity index (χ1) is 4.75. The second-order valence-corrected chi connectivity index (χ2v) is 4.65. The number of fused-ring (bicyclic) bond motifs is 2. The van der Waals surface area contributed by atoms with E-state index in [1.165, 1.54) is 19.3 Å². The summed E-state index contributed by atoms with van der Waals surface area (Å²) in [6.07, 6.45) is 6.15. The predicted molar refractivity (Wildman–Crippen MR) is 43.8 cm³/mol. The minimum Gasteiger partial charge on any atom is -0.0625 e. The zero-order valence-corrected chi connectivity index (χ0v) is 7.14. The highest BCUT2D eigenvalue weighted by molar-refractivity contribution is 4.87. The second-order valence-electron chi connectivity index (χ2n) is 4.65. The first kappa shape index (κ1) is 6.69. The van der Waals surface area contributed by atoms with E-state index in [9.17, 15) is 0 Å². The van der Waals surface area contributed by atoms with Gasteiger partial charge in [-0.15, -0.1) is 0 Å². The third-order valence-corrected chi connectivity index (χ3v) is 3.59. The summed E-state index contributed by atoms with van der Waals surface area (Å²) in [4.78, 5) is 0. The largest absolute Gasteiger partial charge is 0.0625 e. The summed E-state index contributed by atoms with van der Waals surface area (Å²) in [6.45, 7) is 4.87. The van der Waals surface area contributed by atoms with E-state index in [1.54, 1.807) is 6.42 Å². The average molecular weight is 138 g/mol. The maximum Gasteiger partial charge on any atom is -0.0383 e. The summed E-state index contributed by atoms with van der Waals surface area (Å²) in [5, 5.41) is 0. The van der Waals surface area contributed by atoms with Crippen molar-refractivity contribution in [2.24, 2.45) is 23.7 Å². The minimum absolute atomic E-state index is 1.04. The first-order valence-electron chi connectivity index (χ1n) is 4.75. The molecule has 4 unspecified atom stereocenters. The first-order valence-corrected chi connectivity index (χ1v) is 4.75. The van der Waals surface area contributed by atoms with Gasteiger partial charge in [-0.05, 0) is 49.4 Å².